The zero-order valence-corrected chi connectivity index (χ0v) is 25.3. The number of amides is 1. The lowest BCUT2D eigenvalue weighted by atomic mass is 10.0. The average Bonchev–Trinajstić information content (AvgIpc) is 3.53. The van der Waals surface area contributed by atoms with Crippen LogP contribution in [0.25, 0.3) is 22.8 Å². The van der Waals surface area contributed by atoms with E-state index in [4.69, 9.17) is 13.7 Å². The van der Waals surface area contributed by atoms with Crippen LogP contribution in [-0.2, 0) is 10.8 Å². The average molecular weight is 563 g/mol. The molecule has 10 heteroatoms. The molecule has 1 atom stereocenters. The maximum Gasteiger partial charge on any atom is 0.407 e. The molecule has 40 heavy (non-hydrogen) atoms. The molecular weight excluding hydrogens is 524 g/mol. The van der Waals surface area contributed by atoms with Crippen LogP contribution in [0.3, 0.4) is 0 Å². The molecule has 3 aromatic rings. The van der Waals surface area contributed by atoms with Crippen molar-refractivity contribution in [3.63, 3.8) is 0 Å². The fourth-order valence-corrected chi connectivity index (χ4v) is 5.76. The van der Waals surface area contributed by atoms with Gasteiger partial charge in [-0.2, -0.15) is 10.2 Å². The van der Waals surface area contributed by atoms with Crippen LogP contribution in [0.5, 0.6) is 5.75 Å². The van der Waals surface area contributed by atoms with Gasteiger partial charge in [0, 0.05) is 17.7 Å². The van der Waals surface area contributed by atoms with Gasteiger partial charge in [0.15, 0.2) is 8.32 Å². The number of carboxylic acid groups (broad SMARTS) is 1. The molecule has 9 nitrogen and oxygen atoms in total. The van der Waals surface area contributed by atoms with Gasteiger partial charge in [0.05, 0.1) is 24.3 Å². The lowest BCUT2D eigenvalue weighted by molar-refractivity contribution is 0.111. The smallest absolute Gasteiger partial charge is 0.407 e. The first-order valence-electron chi connectivity index (χ1n) is 13.6. The standard InChI is InChI=1S/C30H38N4O5Si/c1-19(2)38-26-14-11-20(17-21(26)18-31)28-32-27(33-39-28)24-10-8-9-23-22(24)12-13-25(23)34(29(35)36)15-16-37-40(6,7)30(3,4)5/h8-11,14,17,19,25H,12-13,15-16H2,1-7H3,(H,35,36). The number of nitriles is 1. The largest absolute Gasteiger partial charge is 0.490 e. The van der Waals surface area contributed by atoms with Gasteiger partial charge in [-0.15, -0.1) is 0 Å². The van der Waals surface area contributed by atoms with Gasteiger partial charge in [-0.25, -0.2) is 4.79 Å². The highest BCUT2D eigenvalue weighted by atomic mass is 28.4. The highest BCUT2D eigenvalue weighted by Crippen LogP contribution is 2.41. The van der Waals surface area contributed by atoms with Crippen molar-refractivity contribution in [3.8, 4) is 34.7 Å². The molecular formula is C30H38N4O5Si. The minimum absolute atomic E-state index is 0.0550. The van der Waals surface area contributed by atoms with Crippen molar-refractivity contribution >= 4 is 14.4 Å². The first kappa shape index (κ1) is 29.3. The second-order valence-corrected chi connectivity index (χ2v) is 16.7. The summed E-state index contributed by atoms with van der Waals surface area (Å²) >= 11 is 0. The Morgan fingerprint density at radius 2 is 2.02 bits per heavy atom. The zero-order valence-electron chi connectivity index (χ0n) is 24.3. The van der Waals surface area contributed by atoms with Gasteiger partial charge in [0.1, 0.15) is 11.8 Å². The van der Waals surface area contributed by atoms with Crippen molar-refractivity contribution < 1.29 is 23.6 Å². The van der Waals surface area contributed by atoms with E-state index in [1.165, 1.54) is 4.90 Å². The predicted octanol–water partition coefficient (Wildman–Crippen LogP) is 7.05. The molecule has 212 valence electrons. The summed E-state index contributed by atoms with van der Waals surface area (Å²) in [6.45, 7) is 15.3. The van der Waals surface area contributed by atoms with E-state index in [0.29, 0.717) is 54.6 Å². The van der Waals surface area contributed by atoms with Gasteiger partial charge in [-0.1, -0.05) is 44.1 Å². The molecule has 0 saturated carbocycles. The van der Waals surface area contributed by atoms with Gasteiger partial charge in [0.2, 0.25) is 5.82 Å². The second kappa shape index (κ2) is 11.4. The third-order valence-corrected chi connectivity index (χ3v) is 12.4. The molecule has 1 N–H and O–H groups in total. The maximum absolute atomic E-state index is 12.3. The fraction of sp³-hybridized carbons (Fsp3) is 0.467. The third-order valence-electron chi connectivity index (χ3n) is 7.84. The highest BCUT2D eigenvalue weighted by Gasteiger charge is 2.38. The minimum atomic E-state index is -1.98. The molecule has 1 heterocycles. The van der Waals surface area contributed by atoms with E-state index in [-0.39, 0.29) is 17.2 Å². The summed E-state index contributed by atoms with van der Waals surface area (Å²) in [6, 6.07) is 12.9. The number of ether oxygens (including phenoxy) is 1. The summed E-state index contributed by atoms with van der Waals surface area (Å²) in [7, 11) is -1.98. The second-order valence-electron chi connectivity index (χ2n) is 11.9. The molecule has 0 bridgehead atoms. The Balaban J connectivity index is 1.56. The monoisotopic (exact) mass is 562 g/mol. The van der Waals surface area contributed by atoms with Crippen LogP contribution >= 0.6 is 0 Å². The number of hydrogen-bond acceptors (Lipinski definition) is 7. The van der Waals surface area contributed by atoms with Gasteiger partial charge in [-0.05, 0) is 74.1 Å². The van der Waals surface area contributed by atoms with Crippen molar-refractivity contribution in [1.82, 2.24) is 15.0 Å². The lowest BCUT2D eigenvalue weighted by Crippen LogP contribution is -2.43. The van der Waals surface area contributed by atoms with E-state index in [2.05, 4.69) is 50.1 Å². The van der Waals surface area contributed by atoms with Crippen LogP contribution in [0, 0.1) is 11.3 Å². The van der Waals surface area contributed by atoms with E-state index in [9.17, 15) is 15.2 Å². The SMILES string of the molecule is CC(C)Oc1ccc(-c2nc(-c3cccc4c3CCC4N(CCO[Si](C)(C)C(C)(C)C)C(=O)O)no2)cc1C#N. The van der Waals surface area contributed by atoms with E-state index < -0.39 is 14.4 Å². The molecule has 0 saturated heterocycles. The number of aromatic nitrogens is 2. The first-order chi connectivity index (χ1) is 18.8. The summed E-state index contributed by atoms with van der Waals surface area (Å²) in [6.07, 6.45) is 0.361. The molecule has 4 rings (SSSR count). The first-order valence-corrected chi connectivity index (χ1v) is 16.5. The summed E-state index contributed by atoms with van der Waals surface area (Å²) in [4.78, 5) is 18.4. The topological polar surface area (TPSA) is 122 Å². The molecule has 0 radical (unpaired) electrons. The van der Waals surface area contributed by atoms with E-state index in [0.717, 1.165) is 16.7 Å². The summed E-state index contributed by atoms with van der Waals surface area (Å²) < 4.78 is 17.6. The van der Waals surface area contributed by atoms with Crippen LogP contribution < -0.4 is 4.74 Å². The van der Waals surface area contributed by atoms with Crippen LogP contribution in [0.15, 0.2) is 40.9 Å². The van der Waals surface area contributed by atoms with Crippen molar-refractivity contribution in [3.05, 3.63) is 53.1 Å². The van der Waals surface area contributed by atoms with Crippen LogP contribution in [-0.4, -0.2) is 53.8 Å². The van der Waals surface area contributed by atoms with Gasteiger partial charge >= 0.3 is 6.09 Å². The normalized spacial score (nSPS) is 15.1. The molecule has 1 amide bonds. The number of rotatable bonds is 9. The number of nitrogens with zero attached hydrogens (tertiary/aromatic N) is 4. The molecule has 2 aromatic carbocycles. The number of hydrogen-bond donors (Lipinski definition) is 1. The van der Waals surface area contributed by atoms with E-state index >= 15 is 0 Å². The number of fused-ring (bicyclic) bond motifs is 1. The molecule has 0 fully saturated rings. The predicted molar refractivity (Wildman–Crippen MR) is 155 cm³/mol. The van der Waals surface area contributed by atoms with Crippen molar-refractivity contribution in [2.75, 3.05) is 13.2 Å². The van der Waals surface area contributed by atoms with Crippen molar-refractivity contribution in [2.24, 2.45) is 0 Å². The lowest BCUT2D eigenvalue weighted by Gasteiger charge is -2.37. The maximum atomic E-state index is 12.3. The Hall–Kier alpha value is -3.68. The molecule has 1 aromatic heterocycles. The summed E-state index contributed by atoms with van der Waals surface area (Å²) in [5, 5.41) is 23.9. The van der Waals surface area contributed by atoms with Gasteiger partial charge < -0.3 is 18.8 Å². The number of carbonyl (C=O) groups is 1. The molecule has 0 spiro atoms. The van der Waals surface area contributed by atoms with Crippen LogP contribution in [0.4, 0.5) is 4.79 Å². The Morgan fingerprint density at radius 1 is 1.27 bits per heavy atom. The molecule has 1 unspecified atom stereocenters. The zero-order chi connectivity index (χ0) is 29.2. The third kappa shape index (κ3) is 6.05. The van der Waals surface area contributed by atoms with Crippen molar-refractivity contribution in [1.29, 1.82) is 5.26 Å². The summed E-state index contributed by atoms with van der Waals surface area (Å²) in [5.74, 6) is 1.23. The van der Waals surface area contributed by atoms with E-state index in [1.54, 1.807) is 18.2 Å². The quantitative estimate of drug-likeness (QED) is 0.275. The van der Waals surface area contributed by atoms with Gasteiger partial charge in [-0.3, -0.25) is 4.90 Å². The Labute approximate surface area is 236 Å². The molecule has 1 aliphatic carbocycles. The minimum Gasteiger partial charge on any atom is -0.490 e. The molecule has 0 aliphatic heterocycles. The van der Waals surface area contributed by atoms with E-state index in [1.807, 2.05) is 32.0 Å². The Kier molecular flexibility index (Phi) is 8.37. The Morgan fingerprint density at radius 3 is 2.67 bits per heavy atom. The van der Waals surface area contributed by atoms with Crippen molar-refractivity contribution in [2.45, 2.75) is 77.7 Å². The summed E-state index contributed by atoms with van der Waals surface area (Å²) in [5.41, 5.74) is 3.81. The molecule has 1 aliphatic rings. The van der Waals surface area contributed by atoms with Gasteiger partial charge in [0.25, 0.3) is 5.89 Å². The Bertz CT molecular complexity index is 1420. The fourth-order valence-electron chi connectivity index (χ4n) is 4.72. The van der Waals surface area contributed by atoms with Crippen LogP contribution in [0.2, 0.25) is 18.1 Å². The highest BCUT2D eigenvalue weighted by molar-refractivity contribution is 6.74. The van der Waals surface area contributed by atoms with Crippen LogP contribution in [0.1, 0.15) is 63.8 Å². The number of benzene rings is 2.